The van der Waals surface area contributed by atoms with E-state index in [0.29, 0.717) is 44.1 Å². The Morgan fingerprint density at radius 2 is 0.542 bits per heavy atom. The minimum Gasteiger partial charge on any atom is -0.311 e. The average molecular weight is 1580 g/mol. The van der Waals surface area contributed by atoms with Crippen LogP contribution in [0.2, 0.25) is 0 Å². The standard InChI is InChI=1S/2C49H33F2N7S/c50-42-22-13-23-43(51)41(42)32-56-49-45(34-26-30-40(31-27-34)58(37-18-9-3-10-19-37)38-20-11-4-12-21-38)47-46(53-59-54-47)44(48(49)52-55-56)33-24-28-39(29-25-33)57(35-14-5-1-6-15-35)36-16-7-2-8-17-36;50-42-22-13-23-43(51)41(42)32-56-52-46-44(33-24-28-39(29-25-33)57(35-14-5-1-6-15-35)36-16-7-2-8-17-36)48-49(55-59-54-48)45(47(46)53-56)34-26-30-40(31-27-34)58(37-18-9-3-10-19-37)38-20-11-4-12-21-38/h2*1-31H,32H2/p+1. The number of H-pyrrole nitrogens is 1. The third-order valence-corrected chi connectivity index (χ3v) is 21.9. The second-order valence-corrected chi connectivity index (χ2v) is 29.0. The highest BCUT2D eigenvalue weighted by molar-refractivity contribution is 7.00. The molecule has 0 amide bonds. The van der Waals surface area contributed by atoms with Gasteiger partial charge in [-0.3, -0.25) is 0 Å². The number of hydrogen-bond acceptors (Lipinski definition) is 9. The first-order valence-corrected chi connectivity index (χ1v) is 39.7. The highest BCUT2D eigenvalue weighted by atomic mass is 32.1. The Morgan fingerprint density at radius 1 is 0.280 bits per heavy atom. The fourth-order valence-electron chi connectivity index (χ4n) is 15.4. The van der Waals surface area contributed by atoms with Crippen LogP contribution in [0.1, 0.15) is 11.1 Å². The summed E-state index contributed by atoms with van der Waals surface area (Å²) in [4.78, 5) is 10.2. The van der Waals surface area contributed by atoms with Gasteiger partial charge < -0.3 is 19.6 Å². The van der Waals surface area contributed by atoms with Gasteiger partial charge in [0.1, 0.15) is 40.8 Å². The summed E-state index contributed by atoms with van der Waals surface area (Å²) in [5, 5.41) is 17.9. The lowest BCUT2D eigenvalue weighted by atomic mass is 9.94. The topological polar surface area (TPSA) is 130 Å². The Labute approximate surface area is 684 Å². The third kappa shape index (κ3) is 14.2. The summed E-state index contributed by atoms with van der Waals surface area (Å²) in [6.07, 6.45) is 0. The van der Waals surface area contributed by atoms with E-state index in [2.05, 4.69) is 195 Å². The summed E-state index contributed by atoms with van der Waals surface area (Å²) in [5.74, 6) is -2.60. The van der Waals surface area contributed by atoms with Crippen LogP contribution in [0, 0.1) is 23.3 Å². The molecule has 568 valence electrons. The molecule has 0 aliphatic heterocycles. The van der Waals surface area contributed by atoms with Gasteiger partial charge in [0, 0.05) is 123 Å². The van der Waals surface area contributed by atoms with E-state index < -0.39 is 23.3 Å². The summed E-state index contributed by atoms with van der Waals surface area (Å²) in [6, 6.07) is 123. The van der Waals surface area contributed by atoms with Gasteiger partial charge in [0.25, 0.3) is 29.0 Å². The highest BCUT2D eigenvalue weighted by Gasteiger charge is 2.31. The maximum absolute atomic E-state index is 15.2. The number of anilines is 12. The monoisotopic (exact) mass is 1580 g/mol. The van der Waals surface area contributed by atoms with E-state index in [4.69, 9.17) is 32.8 Å². The van der Waals surface area contributed by atoms with Crippen molar-refractivity contribution in [1.29, 1.82) is 0 Å². The predicted molar refractivity (Wildman–Crippen MR) is 467 cm³/mol. The predicted octanol–water partition coefficient (Wildman–Crippen LogP) is 25.2. The molecule has 0 bridgehead atoms. The van der Waals surface area contributed by atoms with E-state index >= 15 is 17.6 Å². The lowest BCUT2D eigenvalue weighted by Gasteiger charge is -2.25. The summed E-state index contributed by atoms with van der Waals surface area (Å²) >= 11 is 2.24. The maximum atomic E-state index is 15.2. The van der Waals surface area contributed by atoms with Gasteiger partial charge in [-0.1, -0.05) is 211 Å². The van der Waals surface area contributed by atoms with Gasteiger partial charge in [-0.25, -0.2) is 17.6 Å². The largest absolute Gasteiger partial charge is 0.311 e. The zero-order valence-electron chi connectivity index (χ0n) is 62.9. The van der Waals surface area contributed by atoms with Crippen molar-refractivity contribution in [3.05, 3.63) is 411 Å². The van der Waals surface area contributed by atoms with Crippen molar-refractivity contribution in [3.63, 3.8) is 0 Å². The van der Waals surface area contributed by atoms with Crippen LogP contribution in [0.4, 0.5) is 85.8 Å². The number of aromatic nitrogens is 10. The van der Waals surface area contributed by atoms with E-state index in [-0.39, 0.29) is 24.2 Å². The zero-order chi connectivity index (χ0) is 79.4. The smallest absolute Gasteiger partial charge is 0.279 e. The number of aromatic amines is 1. The fraction of sp³-hybridized carbons (Fsp3) is 0.0204. The number of hydrogen-bond donors (Lipinski definition) is 1. The number of fused-ring (bicyclic) bond motifs is 4. The molecule has 0 saturated carbocycles. The van der Waals surface area contributed by atoms with E-state index in [9.17, 15) is 0 Å². The molecule has 4 aromatic heterocycles. The molecular weight excluding hydrogens is 1510 g/mol. The van der Waals surface area contributed by atoms with Crippen molar-refractivity contribution in [2.75, 3.05) is 19.6 Å². The average Bonchev–Trinajstić information content (AvgIpc) is 1.54. The van der Waals surface area contributed by atoms with Crippen molar-refractivity contribution in [3.8, 4) is 44.5 Å². The minimum absolute atomic E-state index is 0.0740. The van der Waals surface area contributed by atoms with Crippen molar-refractivity contribution >= 4 is 136 Å². The summed E-state index contributed by atoms with van der Waals surface area (Å²) < 4.78 is 81.7. The molecule has 0 aliphatic rings. The second-order valence-electron chi connectivity index (χ2n) is 28.0. The van der Waals surface area contributed by atoms with Crippen LogP contribution in [0.3, 0.4) is 0 Å². The van der Waals surface area contributed by atoms with Crippen LogP contribution in [0.25, 0.3) is 88.6 Å². The first kappa shape index (κ1) is 73.1. The molecule has 20 aromatic rings. The number of rotatable bonds is 20. The lowest BCUT2D eigenvalue weighted by molar-refractivity contribution is -0.722. The first-order chi connectivity index (χ1) is 58.2. The molecule has 0 fully saturated rings. The summed E-state index contributed by atoms with van der Waals surface area (Å²) in [6.45, 7) is -0.329. The van der Waals surface area contributed by atoms with E-state index in [0.717, 1.165) is 136 Å². The van der Waals surface area contributed by atoms with Crippen LogP contribution >= 0.6 is 23.5 Å². The number of benzene rings is 16. The van der Waals surface area contributed by atoms with Crippen LogP contribution in [0.5, 0.6) is 0 Å². The van der Waals surface area contributed by atoms with Gasteiger partial charge in [0.05, 0.1) is 12.1 Å². The number of para-hydroxylation sites is 8. The maximum Gasteiger partial charge on any atom is 0.279 e. The first-order valence-electron chi connectivity index (χ1n) is 38.2. The van der Waals surface area contributed by atoms with Crippen molar-refractivity contribution < 1.29 is 22.2 Å². The molecule has 0 spiro atoms. The number of nitrogens with zero attached hydrogens (tertiary/aromatic N) is 13. The fourth-order valence-corrected chi connectivity index (χ4v) is 16.5. The Balaban J connectivity index is 0.000000157. The molecule has 118 heavy (non-hydrogen) atoms. The molecule has 0 aliphatic carbocycles. The second kappa shape index (κ2) is 32.4. The Kier molecular flexibility index (Phi) is 20.1. The van der Waals surface area contributed by atoms with Crippen LogP contribution in [-0.4, -0.2) is 34.1 Å². The summed E-state index contributed by atoms with van der Waals surface area (Å²) in [7, 11) is 0. The summed E-state index contributed by atoms with van der Waals surface area (Å²) in [5.41, 5.74) is 23.3. The van der Waals surface area contributed by atoms with Gasteiger partial charge in [-0.15, -0.1) is 4.68 Å². The molecule has 1 N–H and O–H groups in total. The highest BCUT2D eigenvalue weighted by Crippen LogP contribution is 2.47. The molecule has 20 rings (SSSR count). The number of nitrogens with one attached hydrogen (secondary N) is 1. The van der Waals surface area contributed by atoms with Crippen molar-refractivity contribution in [1.82, 2.24) is 42.8 Å². The molecular formula is C98H67F4N14S2+. The lowest BCUT2D eigenvalue weighted by Crippen LogP contribution is -2.38. The molecule has 14 nitrogen and oxygen atoms in total. The van der Waals surface area contributed by atoms with Crippen molar-refractivity contribution in [2.24, 2.45) is 0 Å². The Bertz CT molecular complexity index is 6330. The number of halogens is 4. The quantitative estimate of drug-likeness (QED) is 0.0445. The molecule has 0 unspecified atom stereocenters. The zero-order valence-corrected chi connectivity index (χ0v) is 64.5. The normalized spacial score (nSPS) is 11.3. The Hall–Kier alpha value is -15.1. The van der Waals surface area contributed by atoms with Gasteiger partial charge in [0.2, 0.25) is 5.52 Å². The van der Waals surface area contributed by atoms with Crippen LogP contribution in [-0.2, 0) is 13.1 Å². The van der Waals surface area contributed by atoms with E-state index in [1.807, 2.05) is 170 Å². The van der Waals surface area contributed by atoms with Gasteiger partial charge in [-0.05, 0) is 192 Å². The molecule has 16 aromatic carbocycles. The molecule has 0 radical (unpaired) electrons. The van der Waals surface area contributed by atoms with Gasteiger partial charge >= 0.3 is 0 Å². The van der Waals surface area contributed by atoms with Gasteiger partial charge in [0.15, 0.2) is 0 Å². The molecule has 4 heterocycles. The van der Waals surface area contributed by atoms with Gasteiger partial charge in [-0.2, -0.15) is 32.5 Å². The van der Waals surface area contributed by atoms with E-state index in [1.165, 1.54) is 41.2 Å². The SMILES string of the molecule is Fc1cccc(F)c1C[n+]1[nH]nc2c(-c3ccc(N(c4ccccc4)c4ccccc4)cc3)c3[n-][s+]nc3c(-c3ccc(N(c4ccccc4)c4ccccc4)cc3)c21.Fc1cccc(F)c1Cn1nc2c(-c3ccc(N(c4ccccc4)c4ccccc4)cc3)c3n[s+][n-]c3c(-c3ccc(N(c4ccccc4)c4ccccc4)cc3)c2n1. The molecule has 0 saturated heterocycles. The minimum atomic E-state index is -0.662. The Morgan fingerprint density at radius 3 is 0.864 bits per heavy atom. The third-order valence-electron chi connectivity index (χ3n) is 20.8. The molecule has 0 atom stereocenters. The van der Waals surface area contributed by atoms with Crippen LogP contribution in [0.15, 0.2) is 376 Å². The van der Waals surface area contributed by atoms with E-state index in [1.54, 1.807) is 4.68 Å². The molecule has 20 heteroatoms. The van der Waals surface area contributed by atoms with Crippen LogP contribution < -0.4 is 33.0 Å². The van der Waals surface area contributed by atoms with Crippen molar-refractivity contribution in [2.45, 2.75) is 13.1 Å².